The average Bonchev–Trinajstić information content (AvgIpc) is 2.72. The van der Waals surface area contributed by atoms with E-state index in [1.807, 2.05) is 13.0 Å². The van der Waals surface area contributed by atoms with Crippen LogP contribution in [0.25, 0.3) is 5.57 Å². The van der Waals surface area contributed by atoms with Crippen molar-refractivity contribution in [2.24, 2.45) is 0 Å². The lowest BCUT2D eigenvalue weighted by molar-refractivity contribution is 0.611. The van der Waals surface area contributed by atoms with Gasteiger partial charge in [-0.2, -0.15) is 0 Å². The summed E-state index contributed by atoms with van der Waals surface area (Å²) in [7, 11) is 0. The summed E-state index contributed by atoms with van der Waals surface area (Å²) >= 11 is 0. The third-order valence-corrected chi connectivity index (χ3v) is 3.25. The number of hydrogen-bond donors (Lipinski definition) is 1. The summed E-state index contributed by atoms with van der Waals surface area (Å²) in [5, 5.41) is 3.23. The van der Waals surface area contributed by atoms with E-state index in [2.05, 4.69) is 23.8 Å². The molecule has 0 fully saturated rings. The van der Waals surface area contributed by atoms with Crippen molar-refractivity contribution in [2.45, 2.75) is 26.2 Å². The van der Waals surface area contributed by atoms with Gasteiger partial charge in [0, 0.05) is 23.6 Å². The van der Waals surface area contributed by atoms with Gasteiger partial charge in [-0.25, -0.2) is 9.37 Å². The zero-order valence-electron chi connectivity index (χ0n) is 10.3. The topological polar surface area (TPSA) is 24.9 Å². The SMILES string of the molecule is C=CC=C(C)c1c(F)cnc2c1C(CC)CN2. The van der Waals surface area contributed by atoms with Gasteiger partial charge in [0.2, 0.25) is 0 Å². The lowest BCUT2D eigenvalue weighted by Crippen LogP contribution is -2.02. The van der Waals surface area contributed by atoms with Crippen LogP contribution in [-0.4, -0.2) is 11.5 Å². The molecular weight excluding hydrogens is 215 g/mol. The maximum absolute atomic E-state index is 14.0. The van der Waals surface area contributed by atoms with Gasteiger partial charge in [-0.3, -0.25) is 0 Å². The van der Waals surface area contributed by atoms with Crippen LogP contribution < -0.4 is 5.32 Å². The first kappa shape index (κ1) is 11.8. The first-order chi connectivity index (χ1) is 8.19. The van der Waals surface area contributed by atoms with Crippen LogP contribution in [0.15, 0.2) is 24.9 Å². The molecule has 3 heteroatoms. The van der Waals surface area contributed by atoms with Crippen LogP contribution in [0.4, 0.5) is 10.2 Å². The Kier molecular flexibility index (Phi) is 3.27. The van der Waals surface area contributed by atoms with E-state index < -0.39 is 0 Å². The van der Waals surface area contributed by atoms with Gasteiger partial charge in [0.1, 0.15) is 11.6 Å². The van der Waals surface area contributed by atoms with E-state index in [4.69, 9.17) is 0 Å². The van der Waals surface area contributed by atoms with Gasteiger partial charge < -0.3 is 5.32 Å². The molecule has 1 N–H and O–H groups in total. The molecular formula is C14H17FN2. The van der Waals surface area contributed by atoms with Gasteiger partial charge in [0.25, 0.3) is 0 Å². The lowest BCUT2D eigenvalue weighted by Gasteiger charge is -2.13. The Morgan fingerprint density at radius 1 is 1.71 bits per heavy atom. The van der Waals surface area contributed by atoms with E-state index >= 15 is 0 Å². The highest BCUT2D eigenvalue weighted by molar-refractivity contribution is 5.74. The summed E-state index contributed by atoms with van der Waals surface area (Å²) in [6, 6.07) is 0. The van der Waals surface area contributed by atoms with E-state index in [9.17, 15) is 4.39 Å². The Morgan fingerprint density at radius 2 is 2.47 bits per heavy atom. The van der Waals surface area contributed by atoms with Crippen molar-refractivity contribution in [3.05, 3.63) is 41.9 Å². The number of anilines is 1. The van der Waals surface area contributed by atoms with Crippen LogP contribution in [0, 0.1) is 5.82 Å². The number of allylic oxidation sites excluding steroid dienone is 3. The number of halogens is 1. The number of hydrogen-bond acceptors (Lipinski definition) is 2. The van der Waals surface area contributed by atoms with Gasteiger partial charge in [0.05, 0.1) is 6.20 Å². The minimum atomic E-state index is -0.249. The fourth-order valence-electron chi connectivity index (χ4n) is 2.37. The molecule has 1 atom stereocenters. The Bertz CT molecular complexity index is 477. The molecule has 90 valence electrons. The van der Waals surface area contributed by atoms with E-state index in [1.54, 1.807) is 6.08 Å². The molecule has 0 saturated heterocycles. The molecule has 0 bridgehead atoms. The molecule has 0 saturated carbocycles. The number of rotatable bonds is 3. The van der Waals surface area contributed by atoms with Crippen molar-refractivity contribution in [3.63, 3.8) is 0 Å². The van der Waals surface area contributed by atoms with Crippen molar-refractivity contribution in [3.8, 4) is 0 Å². The molecule has 0 aliphatic carbocycles. The summed E-state index contributed by atoms with van der Waals surface area (Å²) in [6.45, 7) is 8.52. The zero-order chi connectivity index (χ0) is 12.4. The number of pyridine rings is 1. The van der Waals surface area contributed by atoms with Crippen LogP contribution in [0.1, 0.15) is 37.3 Å². The summed E-state index contributed by atoms with van der Waals surface area (Å²) in [5.41, 5.74) is 2.60. The maximum atomic E-state index is 14.0. The minimum Gasteiger partial charge on any atom is -0.369 e. The molecule has 1 unspecified atom stereocenters. The Hall–Kier alpha value is -1.64. The average molecular weight is 232 g/mol. The summed E-state index contributed by atoms with van der Waals surface area (Å²) in [6.07, 6.45) is 5.80. The van der Waals surface area contributed by atoms with Crippen LogP contribution in [-0.2, 0) is 0 Å². The Morgan fingerprint density at radius 3 is 3.12 bits per heavy atom. The second kappa shape index (κ2) is 4.70. The number of fused-ring (bicyclic) bond motifs is 1. The van der Waals surface area contributed by atoms with Crippen LogP contribution in [0.5, 0.6) is 0 Å². The van der Waals surface area contributed by atoms with E-state index in [0.29, 0.717) is 11.5 Å². The van der Waals surface area contributed by atoms with Crippen molar-refractivity contribution in [1.82, 2.24) is 4.98 Å². The molecule has 0 amide bonds. The largest absolute Gasteiger partial charge is 0.369 e. The third kappa shape index (κ3) is 1.97. The van der Waals surface area contributed by atoms with E-state index in [-0.39, 0.29) is 5.82 Å². The van der Waals surface area contributed by atoms with Crippen molar-refractivity contribution in [1.29, 1.82) is 0 Å². The van der Waals surface area contributed by atoms with Crippen LogP contribution in [0.2, 0.25) is 0 Å². The van der Waals surface area contributed by atoms with E-state index in [1.165, 1.54) is 6.20 Å². The summed E-state index contributed by atoms with van der Waals surface area (Å²) in [4.78, 5) is 4.12. The van der Waals surface area contributed by atoms with Crippen LogP contribution in [0.3, 0.4) is 0 Å². The standard InChI is InChI=1S/C14H17FN2/c1-4-6-9(3)12-11(15)8-17-14-13(12)10(5-2)7-16-14/h4,6,8,10H,1,5,7H2,2-3H3,(H,16,17). The predicted octanol–water partition coefficient (Wildman–Crippen LogP) is 3.73. The molecule has 0 aromatic carbocycles. The van der Waals surface area contributed by atoms with Gasteiger partial charge in [-0.1, -0.05) is 25.7 Å². The van der Waals surface area contributed by atoms with Crippen molar-refractivity contribution in [2.75, 3.05) is 11.9 Å². The van der Waals surface area contributed by atoms with Crippen LogP contribution >= 0.6 is 0 Å². The first-order valence-corrected chi connectivity index (χ1v) is 5.91. The molecule has 2 rings (SSSR count). The van der Waals surface area contributed by atoms with E-state index in [0.717, 1.165) is 29.9 Å². The minimum absolute atomic E-state index is 0.249. The highest BCUT2D eigenvalue weighted by Gasteiger charge is 2.27. The quantitative estimate of drug-likeness (QED) is 0.803. The Labute approximate surface area is 101 Å². The molecule has 0 spiro atoms. The molecule has 2 nitrogen and oxygen atoms in total. The zero-order valence-corrected chi connectivity index (χ0v) is 10.3. The fourth-order valence-corrected chi connectivity index (χ4v) is 2.37. The van der Waals surface area contributed by atoms with Gasteiger partial charge in [-0.05, 0) is 18.9 Å². The molecule has 1 aromatic heterocycles. The lowest BCUT2D eigenvalue weighted by atomic mass is 9.92. The van der Waals surface area contributed by atoms with Crippen molar-refractivity contribution >= 4 is 11.4 Å². The highest BCUT2D eigenvalue weighted by atomic mass is 19.1. The fraction of sp³-hybridized carbons (Fsp3) is 0.357. The molecule has 1 aliphatic heterocycles. The summed E-state index contributed by atoms with van der Waals surface area (Å²) in [5.74, 6) is 0.919. The van der Waals surface area contributed by atoms with Crippen molar-refractivity contribution < 1.29 is 4.39 Å². The number of nitrogens with zero attached hydrogens (tertiary/aromatic N) is 1. The second-order valence-electron chi connectivity index (χ2n) is 4.31. The van der Waals surface area contributed by atoms with Gasteiger partial charge in [0.15, 0.2) is 0 Å². The monoisotopic (exact) mass is 232 g/mol. The molecule has 0 radical (unpaired) electrons. The Balaban J connectivity index is 2.62. The van der Waals surface area contributed by atoms with Gasteiger partial charge in [-0.15, -0.1) is 0 Å². The predicted molar refractivity (Wildman–Crippen MR) is 69.6 cm³/mol. The number of nitrogens with one attached hydrogen (secondary N) is 1. The molecule has 2 heterocycles. The summed E-state index contributed by atoms with van der Waals surface area (Å²) < 4.78 is 14.0. The molecule has 1 aromatic rings. The molecule has 17 heavy (non-hydrogen) atoms. The second-order valence-corrected chi connectivity index (χ2v) is 4.31. The smallest absolute Gasteiger partial charge is 0.149 e. The normalized spacial score (nSPS) is 18.8. The molecule has 1 aliphatic rings. The maximum Gasteiger partial charge on any atom is 0.149 e. The first-order valence-electron chi connectivity index (χ1n) is 5.91. The number of aromatic nitrogens is 1. The highest BCUT2D eigenvalue weighted by Crippen LogP contribution is 2.38. The third-order valence-electron chi connectivity index (χ3n) is 3.25. The van der Waals surface area contributed by atoms with Gasteiger partial charge >= 0.3 is 0 Å².